The first kappa shape index (κ1) is 16.6. The van der Waals surface area contributed by atoms with Gasteiger partial charge in [0.25, 0.3) is 0 Å². The molecule has 2 saturated heterocycles. The van der Waals surface area contributed by atoms with Crippen molar-refractivity contribution in [3.8, 4) is 6.07 Å². The maximum atomic E-state index is 9.84. The summed E-state index contributed by atoms with van der Waals surface area (Å²) in [6.07, 6.45) is -1.13. The van der Waals surface area contributed by atoms with Gasteiger partial charge >= 0.3 is 0 Å². The zero-order valence-electron chi connectivity index (χ0n) is 13.3. The van der Waals surface area contributed by atoms with E-state index in [4.69, 9.17) is 25.4 Å². The summed E-state index contributed by atoms with van der Waals surface area (Å²) in [7, 11) is 0. The van der Waals surface area contributed by atoms with Crippen molar-refractivity contribution in [1.82, 2.24) is 4.98 Å². The van der Waals surface area contributed by atoms with Gasteiger partial charge in [0.05, 0.1) is 18.0 Å². The van der Waals surface area contributed by atoms with Gasteiger partial charge in [-0.3, -0.25) is 5.41 Å². The lowest BCUT2D eigenvalue weighted by Crippen LogP contribution is -2.40. The van der Waals surface area contributed by atoms with Crippen molar-refractivity contribution < 1.29 is 19.3 Å². The number of hydrogen-bond donors (Lipinski definition) is 4. The summed E-state index contributed by atoms with van der Waals surface area (Å²) in [5.74, 6) is -0.772. The largest absolute Gasteiger partial charge is 0.394 e. The lowest BCUT2D eigenvalue weighted by atomic mass is 9.93. The first-order valence-electron chi connectivity index (χ1n) is 7.44. The average Bonchev–Trinajstić information content (AvgIpc) is 3.20. The third-order valence-corrected chi connectivity index (χ3v) is 4.15. The van der Waals surface area contributed by atoms with Crippen LogP contribution in [0.3, 0.4) is 0 Å². The highest BCUT2D eigenvalue weighted by molar-refractivity contribution is 5.99. The number of aromatic amines is 1. The Morgan fingerprint density at radius 2 is 2.25 bits per heavy atom. The summed E-state index contributed by atoms with van der Waals surface area (Å²) < 4.78 is 17.5. The van der Waals surface area contributed by atoms with Crippen LogP contribution in [0, 0.1) is 16.7 Å². The van der Waals surface area contributed by atoms with Gasteiger partial charge < -0.3 is 30.0 Å². The van der Waals surface area contributed by atoms with Crippen molar-refractivity contribution >= 4 is 12.2 Å². The zero-order valence-corrected chi connectivity index (χ0v) is 13.3. The van der Waals surface area contributed by atoms with Gasteiger partial charge in [-0.25, -0.2) is 4.99 Å². The predicted molar refractivity (Wildman–Crippen MR) is 83.4 cm³/mol. The molecule has 0 amide bonds. The Morgan fingerprint density at radius 1 is 1.50 bits per heavy atom. The number of amidine groups is 1. The predicted octanol–water partition coefficient (Wildman–Crippen LogP) is -0.0428. The van der Waals surface area contributed by atoms with Gasteiger partial charge in [-0.05, 0) is 26.0 Å². The molecule has 1 aromatic heterocycles. The van der Waals surface area contributed by atoms with Gasteiger partial charge in [-0.15, -0.1) is 0 Å². The number of fused-ring (bicyclic) bond motifs is 1. The molecule has 0 aromatic carbocycles. The van der Waals surface area contributed by atoms with Crippen LogP contribution in [0.5, 0.6) is 0 Å². The number of hydrogen-bond acceptors (Lipinski definition) is 6. The molecular formula is C15H19N5O4. The molecule has 3 heterocycles. The Balaban J connectivity index is 2.02. The summed E-state index contributed by atoms with van der Waals surface area (Å²) in [5, 5.41) is 26.4. The molecule has 128 valence electrons. The van der Waals surface area contributed by atoms with Gasteiger partial charge in [0.2, 0.25) is 5.60 Å². The first-order valence-corrected chi connectivity index (χ1v) is 7.44. The van der Waals surface area contributed by atoms with Gasteiger partial charge in [0.1, 0.15) is 36.6 Å². The van der Waals surface area contributed by atoms with E-state index in [1.807, 2.05) is 0 Å². The summed E-state index contributed by atoms with van der Waals surface area (Å²) in [6, 6.07) is 5.45. The van der Waals surface area contributed by atoms with E-state index in [2.05, 4.69) is 16.0 Å². The Bertz CT molecular complexity index is 722. The second-order valence-corrected chi connectivity index (χ2v) is 6.14. The normalized spacial score (nSPS) is 34.8. The molecule has 2 aliphatic rings. The van der Waals surface area contributed by atoms with Crippen LogP contribution < -0.4 is 5.73 Å². The fourth-order valence-electron chi connectivity index (χ4n) is 3.16. The number of ether oxygens (including phenoxy) is 3. The van der Waals surface area contributed by atoms with E-state index in [9.17, 15) is 10.4 Å². The highest BCUT2D eigenvalue weighted by Crippen LogP contribution is 2.48. The minimum absolute atomic E-state index is 0.113. The van der Waals surface area contributed by atoms with Crippen LogP contribution in [-0.2, 0) is 19.8 Å². The van der Waals surface area contributed by atoms with Crippen LogP contribution in [0.25, 0.3) is 0 Å². The number of nitrogens with one attached hydrogen (secondary N) is 2. The van der Waals surface area contributed by atoms with Crippen molar-refractivity contribution in [2.75, 3.05) is 6.61 Å². The fourth-order valence-corrected chi connectivity index (χ4v) is 3.16. The van der Waals surface area contributed by atoms with Crippen molar-refractivity contribution in [1.29, 1.82) is 10.7 Å². The number of nitriles is 1. The number of nitrogens with zero attached hydrogens (tertiary/aromatic N) is 2. The molecule has 9 nitrogen and oxygen atoms in total. The zero-order chi connectivity index (χ0) is 17.5. The van der Waals surface area contributed by atoms with Crippen molar-refractivity contribution in [2.45, 2.75) is 43.5 Å². The fraction of sp³-hybridized carbons (Fsp3) is 0.533. The molecule has 24 heavy (non-hydrogen) atoms. The molecule has 0 aliphatic carbocycles. The SMILES string of the molecule is CC1(C)O[C@H]2[C@@H](O1)[C@](C#N)(c1ccc(/C(N)=N\C=N)[nH]1)O[C@@H]2CO. The van der Waals surface area contributed by atoms with Gasteiger partial charge in [0.15, 0.2) is 5.79 Å². The molecule has 2 aliphatic heterocycles. The van der Waals surface area contributed by atoms with Gasteiger partial charge in [0, 0.05) is 0 Å². The Hall–Kier alpha value is -2.25. The van der Waals surface area contributed by atoms with E-state index in [0.29, 0.717) is 11.4 Å². The topological polar surface area (TPSA) is 150 Å². The number of nitrogens with two attached hydrogens (primary N) is 1. The molecule has 3 rings (SSSR count). The molecule has 2 fully saturated rings. The lowest BCUT2D eigenvalue weighted by molar-refractivity contribution is -0.204. The molecule has 0 saturated carbocycles. The standard InChI is InChI=1S/C15H19N5O4/c1-14(2)23-11-9(5-21)22-15(6-16,12(11)24-14)10-4-3-8(20-10)13(18)19-7-17/h3-4,7,9,11-12,20-21H,5H2,1-2H3,(H3,17,18,19)/t9-,11-,12-,15+/m1/s1. The number of aliphatic imine (C=N–C) groups is 1. The van der Waals surface area contributed by atoms with E-state index < -0.39 is 29.7 Å². The van der Waals surface area contributed by atoms with Crippen LogP contribution in [0.15, 0.2) is 17.1 Å². The maximum absolute atomic E-state index is 9.84. The third kappa shape index (κ3) is 2.40. The van der Waals surface area contributed by atoms with Crippen LogP contribution in [0.2, 0.25) is 0 Å². The van der Waals surface area contributed by atoms with Crippen molar-refractivity contribution in [3.05, 3.63) is 23.5 Å². The molecule has 0 radical (unpaired) electrons. The smallest absolute Gasteiger partial charge is 0.223 e. The van der Waals surface area contributed by atoms with E-state index >= 15 is 0 Å². The summed E-state index contributed by atoms with van der Waals surface area (Å²) in [6.45, 7) is 3.20. The van der Waals surface area contributed by atoms with E-state index in [-0.39, 0.29) is 12.4 Å². The van der Waals surface area contributed by atoms with E-state index in [0.717, 1.165) is 6.34 Å². The van der Waals surface area contributed by atoms with Crippen LogP contribution in [-0.4, -0.2) is 53.0 Å². The minimum Gasteiger partial charge on any atom is -0.394 e. The average molecular weight is 333 g/mol. The highest BCUT2D eigenvalue weighted by Gasteiger charge is 2.64. The number of H-pyrrole nitrogens is 1. The van der Waals surface area contributed by atoms with E-state index in [1.54, 1.807) is 26.0 Å². The Morgan fingerprint density at radius 3 is 2.88 bits per heavy atom. The molecule has 1 aromatic rings. The number of aliphatic hydroxyl groups is 1. The molecule has 9 heteroatoms. The minimum atomic E-state index is -1.46. The third-order valence-electron chi connectivity index (χ3n) is 4.15. The molecule has 4 atom stereocenters. The monoisotopic (exact) mass is 333 g/mol. The lowest BCUT2D eigenvalue weighted by Gasteiger charge is -2.28. The second kappa shape index (κ2) is 5.68. The molecule has 0 bridgehead atoms. The summed E-state index contributed by atoms with van der Waals surface area (Å²) in [4.78, 5) is 6.68. The molecular weight excluding hydrogens is 314 g/mol. The summed E-state index contributed by atoms with van der Waals surface area (Å²) >= 11 is 0. The number of aromatic nitrogens is 1. The quantitative estimate of drug-likeness (QED) is 0.448. The van der Waals surface area contributed by atoms with Gasteiger partial charge in [-0.1, -0.05) is 0 Å². The van der Waals surface area contributed by atoms with Crippen molar-refractivity contribution in [2.24, 2.45) is 10.7 Å². The second-order valence-electron chi connectivity index (χ2n) is 6.14. The maximum Gasteiger partial charge on any atom is 0.223 e. The first-order chi connectivity index (χ1) is 11.4. The Kier molecular flexibility index (Phi) is 3.93. The van der Waals surface area contributed by atoms with Gasteiger partial charge in [-0.2, -0.15) is 5.26 Å². The van der Waals surface area contributed by atoms with Crippen molar-refractivity contribution in [3.63, 3.8) is 0 Å². The molecule has 5 N–H and O–H groups in total. The van der Waals surface area contributed by atoms with Crippen LogP contribution >= 0.6 is 0 Å². The summed E-state index contributed by atoms with van der Waals surface area (Å²) in [5.41, 5.74) is 5.17. The highest BCUT2D eigenvalue weighted by atomic mass is 16.8. The van der Waals surface area contributed by atoms with E-state index in [1.165, 1.54) is 0 Å². The number of aliphatic hydroxyl groups excluding tert-OH is 1. The van der Waals surface area contributed by atoms with Crippen LogP contribution in [0.4, 0.5) is 0 Å². The number of rotatable bonds is 4. The molecule has 0 spiro atoms. The van der Waals surface area contributed by atoms with Crippen LogP contribution in [0.1, 0.15) is 25.2 Å². The Labute approximate surface area is 138 Å². The molecule has 0 unspecified atom stereocenters.